The van der Waals surface area contributed by atoms with Crippen molar-refractivity contribution < 1.29 is 19.2 Å². The minimum Gasteiger partial charge on any atom is -0.495 e. The maximum atomic E-state index is 12.2. The highest BCUT2D eigenvalue weighted by Crippen LogP contribution is 2.28. The smallest absolute Gasteiger partial charge is 0.271 e. The van der Waals surface area contributed by atoms with Gasteiger partial charge in [0.15, 0.2) is 0 Å². The quantitative estimate of drug-likeness (QED) is 0.435. The number of hydrogen-bond donors (Lipinski definition) is 2. The van der Waals surface area contributed by atoms with Gasteiger partial charge in [0.25, 0.3) is 11.6 Å². The van der Waals surface area contributed by atoms with Crippen LogP contribution in [0, 0.1) is 10.1 Å². The number of nitrogens with one attached hydrogen (secondary N) is 2. The Bertz CT molecular complexity index is 933. The van der Waals surface area contributed by atoms with Crippen LogP contribution in [0.3, 0.4) is 0 Å². The van der Waals surface area contributed by atoms with Gasteiger partial charge in [0, 0.05) is 29.8 Å². The van der Waals surface area contributed by atoms with Crippen LogP contribution in [0.2, 0.25) is 0 Å². The van der Waals surface area contributed by atoms with Gasteiger partial charge in [0.05, 0.1) is 17.7 Å². The average molecular weight is 381 g/mol. The molecule has 1 saturated carbocycles. The lowest BCUT2D eigenvalue weighted by Gasteiger charge is -2.08. The van der Waals surface area contributed by atoms with Gasteiger partial charge in [-0.15, -0.1) is 0 Å². The number of anilines is 1. The van der Waals surface area contributed by atoms with Crippen molar-refractivity contribution in [2.45, 2.75) is 18.9 Å². The highest BCUT2D eigenvalue weighted by Gasteiger charge is 2.23. The summed E-state index contributed by atoms with van der Waals surface area (Å²) >= 11 is 0. The van der Waals surface area contributed by atoms with E-state index >= 15 is 0 Å². The standard InChI is InChI=1S/C20H19N3O5/c1-28-18-10-9-16(23(26)27)12-17(18)22-19(24)11-4-13-2-5-14(6-3-13)20(25)21-15-7-8-15/h2-6,9-12,15H,7-8H2,1H3,(H,21,25)(H,22,24)/b11-4+. The van der Waals surface area contributed by atoms with E-state index in [1.165, 1.54) is 31.4 Å². The zero-order valence-electron chi connectivity index (χ0n) is 15.2. The normalized spacial score (nSPS) is 13.2. The first-order chi connectivity index (χ1) is 13.5. The fourth-order valence-corrected chi connectivity index (χ4v) is 2.50. The molecule has 2 N–H and O–H groups in total. The predicted molar refractivity (Wildman–Crippen MR) is 104 cm³/mol. The second-order valence-electron chi connectivity index (χ2n) is 6.33. The Morgan fingerprint density at radius 3 is 2.50 bits per heavy atom. The van der Waals surface area contributed by atoms with Crippen LogP contribution in [-0.4, -0.2) is 29.9 Å². The number of methoxy groups -OCH3 is 1. The SMILES string of the molecule is COc1ccc([N+](=O)[O-])cc1NC(=O)/C=C/c1ccc(C(=O)NC2CC2)cc1. The third-order valence-electron chi connectivity index (χ3n) is 4.16. The molecule has 1 aliphatic rings. The van der Waals surface area contributed by atoms with Crippen molar-refractivity contribution in [2.75, 3.05) is 12.4 Å². The number of nitro groups is 1. The highest BCUT2D eigenvalue weighted by atomic mass is 16.6. The molecule has 0 aromatic heterocycles. The number of nitro benzene ring substituents is 1. The zero-order chi connectivity index (χ0) is 20.1. The zero-order valence-corrected chi connectivity index (χ0v) is 15.2. The van der Waals surface area contributed by atoms with Crippen LogP contribution in [-0.2, 0) is 4.79 Å². The van der Waals surface area contributed by atoms with Crippen LogP contribution in [0.15, 0.2) is 48.5 Å². The van der Waals surface area contributed by atoms with Gasteiger partial charge in [0.1, 0.15) is 5.75 Å². The Balaban J connectivity index is 1.64. The number of rotatable bonds is 7. The Kier molecular flexibility index (Phi) is 5.69. The number of benzene rings is 2. The third-order valence-corrected chi connectivity index (χ3v) is 4.16. The number of ether oxygens (including phenoxy) is 1. The first-order valence-electron chi connectivity index (χ1n) is 8.68. The summed E-state index contributed by atoms with van der Waals surface area (Å²) in [5.74, 6) is -0.249. The molecule has 0 radical (unpaired) electrons. The first-order valence-corrected chi connectivity index (χ1v) is 8.68. The van der Waals surface area contributed by atoms with Gasteiger partial charge in [-0.2, -0.15) is 0 Å². The maximum Gasteiger partial charge on any atom is 0.271 e. The third kappa shape index (κ3) is 4.94. The lowest BCUT2D eigenvalue weighted by atomic mass is 10.1. The van der Waals surface area contributed by atoms with E-state index in [1.54, 1.807) is 30.3 Å². The highest BCUT2D eigenvalue weighted by molar-refractivity contribution is 6.03. The Morgan fingerprint density at radius 2 is 1.89 bits per heavy atom. The van der Waals surface area contributed by atoms with Crippen LogP contribution in [0.1, 0.15) is 28.8 Å². The maximum absolute atomic E-state index is 12.2. The van der Waals surface area contributed by atoms with E-state index in [1.807, 2.05) is 0 Å². The summed E-state index contributed by atoms with van der Waals surface area (Å²) in [6, 6.07) is 11.1. The van der Waals surface area contributed by atoms with Crippen LogP contribution >= 0.6 is 0 Å². The molecular formula is C20H19N3O5. The van der Waals surface area contributed by atoms with E-state index < -0.39 is 10.8 Å². The number of non-ortho nitro benzene ring substituents is 1. The molecule has 2 amide bonds. The molecule has 144 valence electrons. The second-order valence-corrected chi connectivity index (χ2v) is 6.33. The monoisotopic (exact) mass is 381 g/mol. The number of hydrogen-bond acceptors (Lipinski definition) is 5. The fraction of sp³-hybridized carbons (Fsp3) is 0.200. The molecule has 1 aliphatic carbocycles. The van der Waals surface area contributed by atoms with E-state index in [0.29, 0.717) is 17.4 Å². The largest absolute Gasteiger partial charge is 0.495 e. The molecule has 2 aromatic rings. The summed E-state index contributed by atoms with van der Waals surface area (Å²) in [5.41, 5.74) is 1.36. The van der Waals surface area contributed by atoms with Crippen molar-refractivity contribution in [1.82, 2.24) is 5.32 Å². The average Bonchev–Trinajstić information content (AvgIpc) is 3.50. The molecule has 0 aliphatic heterocycles. The summed E-state index contributed by atoms with van der Waals surface area (Å²) in [6.07, 6.45) is 4.94. The van der Waals surface area contributed by atoms with Crippen molar-refractivity contribution in [3.63, 3.8) is 0 Å². The topological polar surface area (TPSA) is 111 Å². The second kappa shape index (κ2) is 8.34. The van der Waals surface area contributed by atoms with Gasteiger partial charge in [-0.25, -0.2) is 0 Å². The van der Waals surface area contributed by atoms with Crippen LogP contribution in [0.4, 0.5) is 11.4 Å². The number of amides is 2. The summed E-state index contributed by atoms with van der Waals surface area (Å²) < 4.78 is 5.11. The van der Waals surface area contributed by atoms with Crippen molar-refractivity contribution in [1.29, 1.82) is 0 Å². The lowest BCUT2D eigenvalue weighted by Crippen LogP contribution is -2.25. The minimum absolute atomic E-state index is 0.103. The van der Waals surface area contributed by atoms with Crippen molar-refractivity contribution in [3.05, 3.63) is 69.8 Å². The van der Waals surface area contributed by atoms with Gasteiger partial charge >= 0.3 is 0 Å². The van der Waals surface area contributed by atoms with Crippen LogP contribution in [0.5, 0.6) is 5.75 Å². The minimum atomic E-state index is -0.550. The molecule has 0 saturated heterocycles. The van der Waals surface area contributed by atoms with Gasteiger partial charge in [-0.05, 0) is 42.7 Å². The molecule has 3 rings (SSSR count). The van der Waals surface area contributed by atoms with E-state index in [4.69, 9.17) is 4.74 Å². The van der Waals surface area contributed by atoms with E-state index in [9.17, 15) is 19.7 Å². The van der Waals surface area contributed by atoms with Gasteiger partial charge < -0.3 is 15.4 Å². The van der Waals surface area contributed by atoms with E-state index in [0.717, 1.165) is 18.4 Å². The van der Waals surface area contributed by atoms with Gasteiger partial charge in [-0.3, -0.25) is 19.7 Å². The van der Waals surface area contributed by atoms with Crippen molar-refractivity contribution in [2.24, 2.45) is 0 Å². The molecule has 0 unspecified atom stereocenters. The Hall–Kier alpha value is -3.68. The Labute approximate surface area is 161 Å². The van der Waals surface area contributed by atoms with Crippen LogP contribution < -0.4 is 15.4 Å². The fourth-order valence-electron chi connectivity index (χ4n) is 2.50. The van der Waals surface area contributed by atoms with E-state index in [-0.39, 0.29) is 17.3 Å². The van der Waals surface area contributed by atoms with Crippen molar-refractivity contribution in [3.8, 4) is 5.75 Å². The number of carbonyl (C=O) groups excluding carboxylic acids is 2. The molecule has 1 fully saturated rings. The molecule has 8 nitrogen and oxygen atoms in total. The molecule has 0 atom stereocenters. The summed E-state index contributed by atoms with van der Waals surface area (Å²) in [5, 5.41) is 16.4. The summed E-state index contributed by atoms with van der Waals surface area (Å²) in [4.78, 5) is 34.5. The van der Waals surface area contributed by atoms with E-state index in [2.05, 4.69) is 10.6 Å². The molecule has 28 heavy (non-hydrogen) atoms. The van der Waals surface area contributed by atoms with Crippen LogP contribution in [0.25, 0.3) is 6.08 Å². The van der Waals surface area contributed by atoms with Crippen molar-refractivity contribution >= 4 is 29.3 Å². The summed E-state index contributed by atoms with van der Waals surface area (Å²) in [7, 11) is 1.41. The Morgan fingerprint density at radius 1 is 1.18 bits per heavy atom. The number of carbonyl (C=O) groups is 2. The first kappa shape index (κ1) is 19.1. The molecule has 8 heteroatoms. The molecule has 0 bridgehead atoms. The summed E-state index contributed by atoms with van der Waals surface area (Å²) in [6.45, 7) is 0. The lowest BCUT2D eigenvalue weighted by molar-refractivity contribution is -0.384. The van der Waals surface area contributed by atoms with Gasteiger partial charge in [-0.1, -0.05) is 12.1 Å². The molecule has 0 spiro atoms. The predicted octanol–water partition coefficient (Wildman–Crippen LogP) is 3.15. The van der Waals surface area contributed by atoms with Gasteiger partial charge in [0.2, 0.25) is 5.91 Å². The number of nitrogens with zero attached hydrogens (tertiary/aromatic N) is 1. The molecule has 0 heterocycles. The molecular weight excluding hydrogens is 362 g/mol. The molecule has 2 aromatic carbocycles.